The molecule has 2 aromatic carbocycles. The van der Waals surface area contributed by atoms with E-state index in [1.807, 2.05) is 31.2 Å². The summed E-state index contributed by atoms with van der Waals surface area (Å²) in [6.07, 6.45) is 3.27. The van der Waals surface area contributed by atoms with Crippen LogP contribution < -0.4 is 14.8 Å². The Bertz CT molecular complexity index is 973. The van der Waals surface area contributed by atoms with E-state index in [0.29, 0.717) is 0 Å². The van der Waals surface area contributed by atoms with Crippen molar-refractivity contribution in [2.45, 2.75) is 49.6 Å². The van der Waals surface area contributed by atoms with Crippen LogP contribution in [0.25, 0.3) is 0 Å². The van der Waals surface area contributed by atoms with Crippen LogP contribution in [0.5, 0.6) is 5.75 Å². The van der Waals surface area contributed by atoms with Crippen LogP contribution in [0.1, 0.15) is 42.1 Å². The van der Waals surface area contributed by atoms with E-state index in [-0.39, 0.29) is 34.2 Å². The molecule has 0 bridgehead atoms. The van der Waals surface area contributed by atoms with Gasteiger partial charge < -0.3 is 10.1 Å². The molecule has 0 aliphatic heterocycles. The molecule has 1 saturated carbocycles. The second kappa shape index (κ2) is 9.28. The van der Waals surface area contributed by atoms with Gasteiger partial charge in [0.25, 0.3) is 5.91 Å². The summed E-state index contributed by atoms with van der Waals surface area (Å²) >= 11 is 3.42. The molecule has 8 heteroatoms. The van der Waals surface area contributed by atoms with Gasteiger partial charge >= 0.3 is 0 Å². The van der Waals surface area contributed by atoms with E-state index in [4.69, 9.17) is 4.74 Å². The zero-order valence-corrected chi connectivity index (χ0v) is 18.8. The number of benzene rings is 2. The second-order valence-electron chi connectivity index (χ2n) is 7.30. The van der Waals surface area contributed by atoms with Gasteiger partial charge in [0.05, 0.1) is 7.11 Å². The second-order valence-corrected chi connectivity index (χ2v) is 9.90. The number of amides is 1. The Hall–Kier alpha value is -1.90. The summed E-state index contributed by atoms with van der Waals surface area (Å²) in [7, 11) is -2.32. The number of halogens is 1. The van der Waals surface area contributed by atoms with Crippen LogP contribution in [0, 0.1) is 0 Å². The van der Waals surface area contributed by atoms with Crippen LogP contribution in [-0.4, -0.2) is 33.5 Å². The maximum absolute atomic E-state index is 12.7. The van der Waals surface area contributed by atoms with E-state index in [1.54, 1.807) is 6.07 Å². The fourth-order valence-corrected chi connectivity index (χ4v) is 4.69. The third kappa shape index (κ3) is 6.04. The number of aryl methyl sites for hydroxylation is 1. The Morgan fingerprint density at radius 3 is 2.52 bits per heavy atom. The van der Waals surface area contributed by atoms with Crippen LogP contribution in [0.3, 0.4) is 0 Å². The van der Waals surface area contributed by atoms with Crippen LogP contribution in [0.2, 0.25) is 0 Å². The Kier molecular flexibility index (Phi) is 6.97. The maximum Gasteiger partial charge on any atom is 0.251 e. The van der Waals surface area contributed by atoms with Crippen molar-refractivity contribution in [1.82, 2.24) is 10.0 Å². The highest BCUT2D eigenvalue weighted by atomic mass is 79.9. The molecule has 2 aromatic rings. The number of carbonyl (C=O) groups is 1. The van der Waals surface area contributed by atoms with Crippen molar-refractivity contribution < 1.29 is 17.9 Å². The van der Waals surface area contributed by atoms with E-state index < -0.39 is 10.0 Å². The standard InChI is InChI=1S/C21H25BrN2O4S/c1-14(3-4-15-5-8-17(22)9-6-15)23-21(25)16-7-12-19(28-2)20(13-16)29(26,27)24-18-10-11-18/h5-9,12-14,18,24H,3-4,10-11H2,1-2H3,(H,23,25). The quantitative estimate of drug-likeness (QED) is 0.573. The van der Waals surface area contributed by atoms with Gasteiger partial charge in [-0.15, -0.1) is 0 Å². The summed E-state index contributed by atoms with van der Waals surface area (Å²) in [6.45, 7) is 1.94. The lowest BCUT2D eigenvalue weighted by atomic mass is 10.1. The highest BCUT2D eigenvalue weighted by molar-refractivity contribution is 9.10. The van der Waals surface area contributed by atoms with E-state index >= 15 is 0 Å². The number of ether oxygens (including phenoxy) is 1. The fourth-order valence-electron chi connectivity index (χ4n) is 2.93. The molecule has 1 unspecified atom stereocenters. The lowest BCUT2D eigenvalue weighted by molar-refractivity contribution is 0.0938. The fraction of sp³-hybridized carbons (Fsp3) is 0.381. The summed E-state index contributed by atoms with van der Waals surface area (Å²) < 4.78 is 34.1. The maximum atomic E-state index is 12.7. The van der Waals surface area contributed by atoms with Crippen LogP contribution >= 0.6 is 15.9 Å². The molecule has 6 nitrogen and oxygen atoms in total. The van der Waals surface area contributed by atoms with Crippen molar-refractivity contribution in [3.05, 3.63) is 58.1 Å². The molecule has 0 radical (unpaired) electrons. The number of sulfonamides is 1. The van der Waals surface area contributed by atoms with Crippen molar-refractivity contribution >= 4 is 31.9 Å². The zero-order valence-electron chi connectivity index (χ0n) is 16.4. The molecule has 156 valence electrons. The normalized spacial score (nSPS) is 15.0. The molecule has 29 heavy (non-hydrogen) atoms. The molecule has 1 fully saturated rings. The van der Waals surface area contributed by atoms with Crippen molar-refractivity contribution in [3.8, 4) is 5.75 Å². The minimum atomic E-state index is -3.73. The monoisotopic (exact) mass is 480 g/mol. The van der Waals surface area contributed by atoms with E-state index in [0.717, 1.165) is 30.2 Å². The van der Waals surface area contributed by atoms with Gasteiger partial charge in [-0.1, -0.05) is 28.1 Å². The third-order valence-electron chi connectivity index (χ3n) is 4.77. The van der Waals surface area contributed by atoms with Crippen molar-refractivity contribution in [3.63, 3.8) is 0 Å². The van der Waals surface area contributed by atoms with E-state index in [1.165, 1.54) is 24.8 Å². The summed E-state index contributed by atoms with van der Waals surface area (Å²) in [5, 5.41) is 2.94. The number of methoxy groups -OCH3 is 1. The predicted octanol–water partition coefficient (Wildman–Crippen LogP) is 3.65. The molecule has 0 aromatic heterocycles. The number of hydrogen-bond donors (Lipinski definition) is 2. The van der Waals surface area contributed by atoms with Gasteiger partial charge in [0.1, 0.15) is 10.6 Å². The minimum absolute atomic E-state index is 0.0120. The van der Waals surface area contributed by atoms with Crippen LogP contribution in [0.15, 0.2) is 51.8 Å². The topological polar surface area (TPSA) is 84.5 Å². The number of hydrogen-bond acceptors (Lipinski definition) is 4. The first kappa shape index (κ1) is 21.8. The number of nitrogens with one attached hydrogen (secondary N) is 2. The van der Waals surface area contributed by atoms with Crippen molar-refractivity contribution in [1.29, 1.82) is 0 Å². The molecule has 0 heterocycles. The third-order valence-corrected chi connectivity index (χ3v) is 6.84. The lowest BCUT2D eigenvalue weighted by Crippen LogP contribution is -2.33. The summed E-state index contributed by atoms with van der Waals surface area (Å²) in [6, 6.07) is 12.5. The van der Waals surface area contributed by atoms with Gasteiger partial charge in [0.15, 0.2) is 0 Å². The number of carbonyl (C=O) groups excluding carboxylic acids is 1. The molecule has 0 saturated heterocycles. The first-order valence-corrected chi connectivity index (χ1v) is 11.8. The Morgan fingerprint density at radius 2 is 1.90 bits per heavy atom. The molecule has 1 aliphatic carbocycles. The SMILES string of the molecule is COc1ccc(C(=O)NC(C)CCc2ccc(Br)cc2)cc1S(=O)(=O)NC1CC1. The predicted molar refractivity (Wildman–Crippen MR) is 116 cm³/mol. The van der Waals surface area contributed by atoms with Crippen LogP contribution in [-0.2, 0) is 16.4 Å². The Labute approximate surface area is 180 Å². The van der Waals surface area contributed by atoms with Crippen LogP contribution in [0.4, 0.5) is 0 Å². The van der Waals surface area contributed by atoms with E-state index in [2.05, 4.69) is 26.0 Å². The minimum Gasteiger partial charge on any atom is -0.495 e. The van der Waals surface area contributed by atoms with Gasteiger partial charge in [-0.3, -0.25) is 4.79 Å². The summed E-state index contributed by atoms with van der Waals surface area (Å²) in [4.78, 5) is 12.6. The number of rotatable bonds is 9. The zero-order chi connectivity index (χ0) is 21.0. The highest BCUT2D eigenvalue weighted by Crippen LogP contribution is 2.28. The van der Waals surface area contributed by atoms with Gasteiger partial charge in [0, 0.05) is 22.1 Å². The van der Waals surface area contributed by atoms with Gasteiger partial charge in [-0.2, -0.15) is 0 Å². The van der Waals surface area contributed by atoms with Crippen molar-refractivity contribution in [2.24, 2.45) is 0 Å². The first-order valence-electron chi connectivity index (χ1n) is 9.54. The van der Waals surface area contributed by atoms with Gasteiger partial charge in [-0.25, -0.2) is 13.1 Å². The van der Waals surface area contributed by atoms with Gasteiger partial charge in [-0.05, 0) is 68.5 Å². The Balaban J connectivity index is 1.66. The van der Waals surface area contributed by atoms with Crippen molar-refractivity contribution in [2.75, 3.05) is 7.11 Å². The molecular weight excluding hydrogens is 456 g/mol. The molecular formula is C21H25BrN2O4S. The average Bonchev–Trinajstić information content (AvgIpc) is 3.50. The highest BCUT2D eigenvalue weighted by Gasteiger charge is 2.30. The lowest BCUT2D eigenvalue weighted by Gasteiger charge is -2.16. The molecule has 1 atom stereocenters. The first-order chi connectivity index (χ1) is 13.8. The Morgan fingerprint density at radius 1 is 1.21 bits per heavy atom. The summed E-state index contributed by atoms with van der Waals surface area (Å²) in [5.74, 6) is -0.0863. The van der Waals surface area contributed by atoms with E-state index in [9.17, 15) is 13.2 Å². The largest absolute Gasteiger partial charge is 0.495 e. The molecule has 1 aliphatic rings. The molecule has 2 N–H and O–H groups in total. The van der Waals surface area contributed by atoms with Gasteiger partial charge in [0.2, 0.25) is 10.0 Å². The summed E-state index contributed by atoms with van der Waals surface area (Å²) in [5.41, 5.74) is 1.48. The average molecular weight is 481 g/mol. The smallest absolute Gasteiger partial charge is 0.251 e. The molecule has 3 rings (SSSR count). The molecule has 0 spiro atoms. The molecule has 1 amide bonds.